The molecule has 3 aromatic rings. The van der Waals surface area contributed by atoms with Crippen LogP contribution in [-0.2, 0) is 11.2 Å². The van der Waals surface area contributed by atoms with Crippen molar-refractivity contribution in [3.63, 3.8) is 0 Å². The maximum Gasteiger partial charge on any atom is 0.431 e. The predicted octanol–water partition coefficient (Wildman–Crippen LogP) is 5.13. The molecule has 6 rings (SSSR count). The molecule has 20 heteroatoms. The zero-order valence-electron chi connectivity index (χ0n) is 25.2. The van der Waals surface area contributed by atoms with Crippen molar-refractivity contribution in [1.29, 1.82) is 0 Å². The minimum Gasteiger partial charge on any atom is -0.382 e. The van der Waals surface area contributed by atoms with Gasteiger partial charge in [0.2, 0.25) is 0 Å². The first kappa shape index (κ1) is 33.7. The summed E-state index contributed by atoms with van der Waals surface area (Å²) in [4.78, 5) is 34.4. The molecule has 0 saturated heterocycles. The molecule has 3 amide bonds. The van der Waals surface area contributed by atoms with Crippen molar-refractivity contribution in [3.05, 3.63) is 41.1 Å². The van der Waals surface area contributed by atoms with Crippen LogP contribution in [0.2, 0.25) is 0 Å². The molecular weight excluding hydrogens is 664 g/mol. The number of urea groups is 1. The molecule has 3 aromatic heterocycles. The van der Waals surface area contributed by atoms with E-state index in [1.54, 1.807) is 6.92 Å². The lowest BCUT2D eigenvalue weighted by atomic mass is 9.82. The van der Waals surface area contributed by atoms with E-state index < -0.39 is 90.8 Å². The third kappa shape index (κ3) is 6.45. The Morgan fingerprint density at radius 3 is 2.50 bits per heavy atom. The van der Waals surface area contributed by atoms with Gasteiger partial charge in [-0.3, -0.25) is 4.79 Å². The van der Waals surface area contributed by atoms with E-state index in [-0.39, 0.29) is 48.0 Å². The zero-order chi connectivity index (χ0) is 34.8. The molecule has 1 N–H and O–H groups in total. The summed E-state index contributed by atoms with van der Waals surface area (Å²) < 4.78 is 117. The summed E-state index contributed by atoms with van der Waals surface area (Å²) in [5, 5.41) is 13.9. The molecule has 0 radical (unpaired) electrons. The van der Waals surface area contributed by atoms with Crippen molar-refractivity contribution in [3.8, 4) is 0 Å². The number of rotatable bonds is 11. The Bertz CT molecular complexity index is 1720. The van der Waals surface area contributed by atoms with Gasteiger partial charge in [0.25, 0.3) is 11.8 Å². The number of aliphatic imine (C=N–C) groups is 1. The van der Waals surface area contributed by atoms with Crippen molar-refractivity contribution in [2.24, 2.45) is 28.7 Å². The third-order valence-electron chi connectivity index (χ3n) is 9.34. The lowest BCUT2D eigenvalue weighted by Crippen LogP contribution is -2.36. The number of aromatic nitrogens is 5. The molecule has 0 aromatic carbocycles. The van der Waals surface area contributed by atoms with Gasteiger partial charge in [-0.25, -0.2) is 27.7 Å². The first-order chi connectivity index (χ1) is 22.5. The fourth-order valence-corrected chi connectivity index (χ4v) is 6.65. The second kappa shape index (κ2) is 12.0. The summed E-state index contributed by atoms with van der Waals surface area (Å²) in [6.45, 7) is 0.723. The SMILES string of the molecule is COC[C@H](c1cnn2cc(C(NC(=O)c3nonc3CCC(F)(F)F)[C@@H](C)C3C[C@@H]4[C@H](C3)C4(F)F)nc2c1)N1CC(C(F)(F)F)=NC1=O. The van der Waals surface area contributed by atoms with E-state index in [0.29, 0.717) is 0 Å². The van der Waals surface area contributed by atoms with Crippen LogP contribution in [0, 0.1) is 23.7 Å². The summed E-state index contributed by atoms with van der Waals surface area (Å²) >= 11 is 0. The zero-order valence-corrected chi connectivity index (χ0v) is 25.2. The maximum absolute atomic E-state index is 14.0. The van der Waals surface area contributed by atoms with Gasteiger partial charge in [-0.1, -0.05) is 12.1 Å². The summed E-state index contributed by atoms with van der Waals surface area (Å²) in [6.07, 6.45) is -8.16. The average Bonchev–Trinajstić information content (AvgIpc) is 3.68. The molecule has 3 aliphatic rings. The largest absolute Gasteiger partial charge is 0.431 e. The highest BCUT2D eigenvalue weighted by molar-refractivity contribution is 6.05. The fourth-order valence-electron chi connectivity index (χ4n) is 6.65. The number of carbonyl (C=O) groups excluding carboxylic acids is 2. The van der Waals surface area contributed by atoms with Crippen LogP contribution in [-0.4, -0.2) is 86.0 Å². The number of carbonyl (C=O) groups is 2. The number of imidazole rings is 1. The number of hydrogen-bond acceptors (Lipinski definition) is 8. The molecule has 1 aliphatic heterocycles. The molecule has 260 valence electrons. The molecule has 2 aliphatic carbocycles. The van der Waals surface area contributed by atoms with Gasteiger partial charge in [-0.15, -0.1) is 0 Å². The number of hydrogen-bond donors (Lipinski definition) is 1. The minimum absolute atomic E-state index is 0.161. The number of nitrogens with one attached hydrogen (secondary N) is 1. The molecule has 2 unspecified atom stereocenters. The Balaban J connectivity index is 1.29. The standard InChI is InChI=1S/C28H28F8N8O4/c1-12(13-5-15-16(6-13)27(15,32)33)22(40-24(45)23-17(41-48-42-23)3-4-26(29,30)31)18-9-44-21(38-18)7-14(8-37-44)19(11-47-2)43-10-20(28(34,35)36)39-25(43)46/h7-9,12-13,15-16,19,22H,3-6,10-11H2,1-2H3,(H,40,45)/t12-,13?,15-,16+,19+,22?/m0/s1. The van der Waals surface area contributed by atoms with Crippen LogP contribution >= 0.6 is 0 Å². The number of aryl methyl sites for hydroxylation is 1. The molecule has 4 heterocycles. The molecule has 12 nitrogen and oxygen atoms in total. The predicted molar refractivity (Wildman–Crippen MR) is 146 cm³/mol. The molecule has 2 fully saturated rings. The van der Waals surface area contributed by atoms with Crippen LogP contribution in [0.3, 0.4) is 0 Å². The van der Waals surface area contributed by atoms with Gasteiger partial charge in [-0.05, 0) is 35.9 Å². The molecule has 2 saturated carbocycles. The third-order valence-corrected chi connectivity index (χ3v) is 9.34. The molecular formula is C28H28F8N8O4. The van der Waals surface area contributed by atoms with Gasteiger partial charge in [0.1, 0.15) is 11.4 Å². The first-order valence-electron chi connectivity index (χ1n) is 14.8. The van der Waals surface area contributed by atoms with Gasteiger partial charge in [-0.2, -0.15) is 36.4 Å². The summed E-state index contributed by atoms with van der Waals surface area (Å²) in [5.74, 6) is -6.01. The lowest BCUT2D eigenvalue weighted by Gasteiger charge is -2.29. The van der Waals surface area contributed by atoms with Gasteiger partial charge < -0.3 is 15.0 Å². The number of amides is 3. The first-order valence-corrected chi connectivity index (χ1v) is 14.8. The van der Waals surface area contributed by atoms with Gasteiger partial charge in [0.05, 0.1) is 43.3 Å². The van der Waals surface area contributed by atoms with Crippen LogP contribution in [0.5, 0.6) is 0 Å². The van der Waals surface area contributed by atoms with Crippen LogP contribution in [0.1, 0.15) is 65.7 Å². The van der Waals surface area contributed by atoms with Gasteiger partial charge in [0.15, 0.2) is 11.3 Å². The Hall–Kier alpha value is -4.23. The molecule has 0 spiro atoms. The lowest BCUT2D eigenvalue weighted by molar-refractivity contribution is -0.134. The summed E-state index contributed by atoms with van der Waals surface area (Å²) in [5.41, 5.74) is -1.41. The van der Waals surface area contributed by atoms with E-state index in [9.17, 15) is 44.7 Å². The Kier molecular flexibility index (Phi) is 8.43. The van der Waals surface area contributed by atoms with E-state index in [2.05, 4.69) is 35.3 Å². The monoisotopic (exact) mass is 692 g/mol. The van der Waals surface area contributed by atoms with E-state index >= 15 is 0 Å². The van der Waals surface area contributed by atoms with Gasteiger partial charge >= 0.3 is 18.4 Å². The van der Waals surface area contributed by atoms with Crippen LogP contribution < -0.4 is 5.32 Å². The van der Waals surface area contributed by atoms with Crippen molar-refractivity contribution in [1.82, 2.24) is 35.1 Å². The molecule has 0 bridgehead atoms. The topological polar surface area (TPSA) is 140 Å². The molecule has 6 atom stereocenters. The van der Waals surface area contributed by atoms with E-state index in [4.69, 9.17) is 4.74 Å². The van der Waals surface area contributed by atoms with Crippen molar-refractivity contribution in [2.45, 2.75) is 63.0 Å². The van der Waals surface area contributed by atoms with E-state index in [1.807, 2.05) is 0 Å². The quantitative estimate of drug-likeness (QED) is 0.273. The second-order valence-corrected chi connectivity index (χ2v) is 12.3. The Labute approximate surface area is 265 Å². The summed E-state index contributed by atoms with van der Waals surface area (Å²) in [6, 6.07) is -1.64. The maximum atomic E-state index is 14.0. The van der Waals surface area contributed by atoms with Gasteiger partial charge in [0, 0.05) is 37.4 Å². The fraction of sp³-hybridized carbons (Fsp3) is 0.607. The number of nitrogens with zero attached hydrogens (tertiary/aromatic N) is 7. The van der Waals surface area contributed by atoms with Crippen molar-refractivity contribution < 1.29 is 54.1 Å². The molecule has 48 heavy (non-hydrogen) atoms. The van der Waals surface area contributed by atoms with E-state index in [0.717, 1.165) is 4.90 Å². The number of halogens is 8. The number of fused-ring (bicyclic) bond motifs is 2. The highest BCUT2D eigenvalue weighted by atomic mass is 19.4. The average molecular weight is 693 g/mol. The van der Waals surface area contributed by atoms with Crippen LogP contribution in [0.4, 0.5) is 39.9 Å². The normalized spacial score (nSPS) is 24.0. The van der Waals surface area contributed by atoms with Crippen molar-refractivity contribution >= 4 is 23.3 Å². The second-order valence-electron chi connectivity index (χ2n) is 12.3. The number of methoxy groups -OCH3 is 1. The highest BCUT2D eigenvalue weighted by Gasteiger charge is 2.71. The number of ether oxygens (including phenoxy) is 1. The van der Waals surface area contributed by atoms with Crippen LogP contribution in [0.25, 0.3) is 5.65 Å². The minimum atomic E-state index is -4.81. The number of alkyl halides is 8. The Morgan fingerprint density at radius 2 is 1.88 bits per heavy atom. The van der Waals surface area contributed by atoms with Crippen molar-refractivity contribution in [2.75, 3.05) is 20.3 Å². The Morgan fingerprint density at radius 1 is 1.17 bits per heavy atom. The summed E-state index contributed by atoms with van der Waals surface area (Å²) in [7, 11) is 1.30. The highest BCUT2D eigenvalue weighted by Crippen LogP contribution is 2.67. The van der Waals surface area contributed by atoms with Crippen LogP contribution in [0.15, 0.2) is 28.1 Å². The van der Waals surface area contributed by atoms with E-state index in [1.165, 1.54) is 30.1 Å². The smallest absolute Gasteiger partial charge is 0.382 e.